The number of ether oxygens (including phenoxy) is 4. The van der Waals surface area contributed by atoms with Gasteiger partial charge in [-0.1, -0.05) is 0 Å². The van der Waals surface area contributed by atoms with Crippen molar-refractivity contribution < 1.29 is 79.2 Å². The molecule has 17 nitrogen and oxygen atoms in total. The standard InChI is InChI=1S/C27H28O17/c28-7-16-18(32)19(33)22(36)27(43-16)42-13-2-1-8(3-10(13)29)14-6-12(31)17-11(30)4-9(5-15(17)41-14)40-26-23(37)20(34)21(35)24(44-26)25(38)39/h1-6,16,18-24,26-30,32-37H,7H2,(H,38,39). The zero-order valence-electron chi connectivity index (χ0n) is 22.3. The van der Waals surface area contributed by atoms with Crippen molar-refractivity contribution >= 4 is 16.9 Å². The van der Waals surface area contributed by atoms with Gasteiger partial charge < -0.3 is 74.4 Å². The average Bonchev–Trinajstić information content (AvgIpc) is 2.97. The van der Waals surface area contributed by atoms with Crippen molar-refractivity contribution in [1.29, 1.82) is 0 Å². The van der Waals surface area contributed by atoms with E-state index in [4.69, 9.17) is 23.4 Å². The highest BCUT2D eigenvalue weighted by molar-refractivity contribution is 5.86. The Morgan fingerprint density at radius 2 is 1.43 bits per heavy atom. The first kappa shape index (κ1) is 31.4. The predicted octanol–water partition coefficient (Wildman–Crippen LogP) is -2.68. The first-order valence-corrected chi connectivity index (χ1v) is 13.0. The Morgan fingerprint density at radius 1 is 0.773 bits per heavy atom. The molecule has 2 aliphatic rings. The van der Waals surface area contributed by atoms with Gasteiger partial charge in [-0.25, -0.2) is 4.79 Å². The molecule has 17 heteroatoms. The summed E-state index contributed by atoms with van der Waals surface area (Å²) in [5, 5.41) is 99.5. The number of rotatable bonds is 7. The Kier molecular flexibility index (Phi) is 8.67. The highest BCUT2D eigenvalue weighted by atomic mass is 16.7. The van der Waals surface area contributed by atoms with E-state index in [1.165, 1.54) is 12.1 Å². The van der Waals surface area contributed by atoms with E-state index < -0.39 is 90.9 Å². The first-order valence-electron chi connectivity index (χ1n) is 13.0. The Labute approximate surface area is 245 Å². The van der Waals surface area contributed by atoms with Crippen LogP contribution in [0.3, 0.4) is 0 Å². The van der Waals surface area contributed by atoms with E-state index in [0.29, 0.717) is 0 Å². The van der Waals surface area contributed by atoms with E-state index in [0.717, 1.165) is 24.3 Å². The molecule has 2 aliphatic heterocycles. The van der Waals surface area contributed by atoms with Gasteiger partial charge >= 0.3 is 5.97 Å². The van der Waals surface area contributed by atoms with E-state index in [9.17, 15) is 60.7 Å². The zero-order valence-corrected chi connectivity index (χ0v) is 22.3. The molecule has 0 bridgehead atoms. The van der Waals surface area contributed by atoms with E-state index in [2.05, 4.69) is 0 Å². The summed E-state index contributed by atoms with van der Waals surface area (Å²) in [5.74, 6) is -3.43. The lowest BCUT2D eigenvalue weighted by atomic mass is 9.99. The number of aromatic hydroxyl groups is 2. The fraction of sp³-hybridized carbons (Fsp3) is 0.407. The van der Waals surface area contributed by atoms with Crippen LogP contribution < -0.4 is 14.9 Å². The molecule has 2 aromatic carbocycles. The van der Waals surface area contributed by atoms with Gasteiger partial charge in [0.15, 0.2) is 23.0 Å². The van der Waals surface area contributed by atoms with Crippen molar-refractivity contribution in [2.24, 2.45) is 0 Å². The van der Waals surface area contributed by atoms with Crippen LogP contribution in [0.5, 0.6) is 23.0 Å². The molecule has 238 valence electrons. The molecule has 10 atom stereocenters. The Balaban J connectivity index is 1.41. The van der Waals surface area contributed by atoms with Crippen LogP contribution in [0.2, 0.25) is 0 Å². The van der Waals surface area contributed by atoms with E-state index in [1.807, 2.05) is 0 Å². The van der Waals surface area contributed by atoms with Gasteiger partial charge in [0.1, 0.15) is 71.0 Å². The molecule has 44 heavy (non-hydrogen) atoms. The molecule has 0 spiro atoms. The van der Waals surface area contributed by atoms with Gasteiger partial charge in [0.05, 0.1) is 6.61 Å². The van der Waals surface area contributed by atoms with Crippen molar-refractivity contribution in [2.45, 2.75) is 61.4 Å². The lowest BCUT2D eigenvalue weighted by Crippen LogP contribution is -2.61. The fourth-order valence-corrected chi connectivity index (χ4v) is 4.80. The number of benzene rings is 2. The summed E-state index contributed by atoms with van der Waals surface area (Å²) in [7, 11) is 0. The van der Waals surface area contributed by atoms with Gasteiger partial charge in [0.25, 0.3) is 0 Å². The number of carbonyl (C=O) groups is 1. The maximum Gasteiger partial charge on any atom is 0.335 e. The summed E-state index contributed by atoms with van der Waals surface area (Å²) in [6.07, 6.45) is -17.5. The number of phenols is 2. The van der Waals surface area contributed by atoms with Gasteiger partial charge in [-0.15, -0.1) is 0 Å². The number of hydrogen-bond acceptors (Lipinski definition) is 16. The molecule has 0 amide bonds. The van der Waals surface area contributed by atoms with Crippen molar-refractivity contribution in [1.82, 2.24) is 0 Å². The molecule has 1 aromatic heterocycles. The van der Waals surface area contributed by atoms with Gasteiger partial charge in [-0.3, -0.25) is 4.79 Å². The molecule has 10 unspecified atom stereocenters. The van der Waals surface area contributed by atoms with Crippen molar-refractivity contribution in [3.05, 3.63) is 46.6 Å². The Bertz CT molecular complexity index is 1590. The monoisotopic (exact) mass is 624 g/mol. The minimum Gasteiger partial charge on any atom is -0.507 e. The van der Waals surface area contributed by atoms with Crippen molar-refractivity contribution in [3.63, 3.8) is 0 Å². The second-order valence-corrected chi connectivity index (χ2v) is 10.1. The number of aliphatic hydroxyl groups is 7. The number of fused-ring (bicyclic) bond motifs is 1. The Hall–Kier alpha value is -4.04. The van der Waals surface area contributed by atoms with E-state index in [1.54, 1.807) is 0 Å². The second-order valence-electron chi connectivity index (χ2n) is 10.1. The smallest absolute Gasteiger partial charge is 0.335 e. The number of aliphatic hydroxyl groups excluding tert-OH is 7. The molecule has 5 rings (SSSR count). The third kappa shape index (κ3) is 5.75. The quantitative estimate of drug-likeness (QED) is 0.128. The van der Waals surface area contributed by atoms with Crippen LogP contribution in [0.15, 0.2) is 45.6 Å². The minimum atomic E-state index is -1.96. The van der Waals surface area contributed by atoms with Gasteiger partial charge in [-0.05, 0) is 18.2 Å². The minimum absolute atomic E-state index is 0.118. The van der Waals surface area contributed by atoms with E-state index >= 15 is 0 Å². The van der Waals surface area contributed by atoms with Crippen LogP contribution in [-0.2, 0) is 14.3 Å². The molecule has 3 heterocycles. The normalized spacial score (nSPS) is 32.3. The third-order valence-electron chi connectivity index (χ3n) is 7.18. The van der Waals surface area contributed by atoms with Crippen LogP contribution >= 0.6 is 0 Å². The van der Waals surface area contributed by atoms with Crippen LogP contribution in [-0.4, -0.2) is 125 Å². The SMILES string of the molecule is O=C(O)C1OC(Oc2cc(O)c3c(=O)cc(-c4ccc(OC5OC(CO)C(O)C(O)C5O)c(O)c4)oc3c2)C(O)C(O)C1O. The van der Waals surface area contributed by atoms with Crippen molar-refractivity contribution in [3.8, 4) is 34.3 Å². The summed E-state index contributed by atoms with van der Waals surface area (Å²) >= 11 is 0. The van der Waals surface area contributed by atoms with Gasteiger partial charge in [-0.2, -0.15) is 0 Å². The number of carboxylic acid groups (broad SMARTS) is 1. The average molecular weight is 625 g/mol. The largest absolute Gasteiger partial charge is 0.507 e. The topological polar surface area (TPSA) is 286 Å². The highest BCUT2D eigenvalue weighted by Crippen LogP contribution is 2.37. The predicted molar refractivity (Wildman–Crippen MR) is 141 cm³/mol. The number of aliphatic carboxylic acids is 1. The second kappa shape index (κ2) is 12.2. The summed E-state index contributed by atoms with van der Waals surface area (Å²) in [6, 6.07) is 6.76. The molecule has 0 radical (unpaired) electrons. The summed E-state index contributed by atoms with van der Waals surface area (Å²) in [4.78, 5) is 24.2. The van der Waals surface area contributed by atoms with Gasteiger partial charge in [0, 0.05) is 23.8 Å². The van der Waals surface area contributed by atoms with Crippen LogP contribution in [0.25, 0.3) is 22.3 Å². The van der Waals surface area contributed by atoms with Crippen LogP contribution in [0.4, 0.5) is 0 Å². The molecule has 2 fully saturated rings. The lowest BCUT2D eigenvalue weighted by molar-refractivity contribution is -0.277. The van der Waals surface area contributed by atoms with Gasteiger partial charge in [0.2, 0.25) is 12.6 Å². The molecule has 10 N–H and O–H groups in total. The molecule has 2 saturated heterocycles. The molecule has 3 aromatic rings. The van der Waals surface area contributed by atoms with Crippen LogP contribution in [0, 0.1) is 0 Å². The summed E-state index contributed by atoms with van der Waals surface area (Å²) in [5.41, 5.74) is -0.838. The first-order chi connectivity index (χ1) is 20.8. The zero-order chi connectivity index (χ0) is 32.0. The summed E-state index contributed by atoms with van der Waals surface area (Å²) in [6.45, 7) is -0.693. The number of phenolic OH excluding ortho intramolecular Hbond substituents is 2. The van der Waals surface area contributed by atoms with Crippen molar-refractivity contribution in [2.75, 3.05) is 6.61 Å². The van der Waals surface area contributed by atoms with E-state index in [-0.39, 0.29) is 33.8 Å². The molecule has 0 saturated carbocycles. The van der Waals surface area contributed by atoms with Crippen LogP contribution in [0.1, 0.15) is 0 Å². The molecule has 0 aliphatic carbocycles. The Morgan fingerprint density at radius 3 is 2.07 bits per heavy atom. The lowest BCUT2D eigenvalue weighted by Gasteiger charge is -2.39. The maximum absolute atomic E-state index is 12.9. The number of carboxylic acids is 1. The number of hydrogen-bond donors (Lipinski definition) is 10. The third-order valence-corrected chi connectivity index (χ3v) is 7.18. The molecular weight excluding hydrogens is 596 g/mol. The molecular formula is C27H28O17. The highest BCUT2D eigenvalue weighted by Gasteiger charge is 2.48. The maximum atomic E-state index is 12.9. The summed E-state index contributed by atoms with van der Waals surface area (Å²) < 4.78 is 26.9. The fourth-order valence-electron chi connectivity index (χ4n) is 4.80.